The second kappa shape index (κ2) is 4.45. The van der Waals surface area contributed by atoms with Crippen molar-refractivity contribution in [1.29, 1.82) is 0 Å². The number of hydrogen-bond donors (Lipinski definition) is 2. The van der Waals surface area contributed by atoms with E-state index in [-0.39, 0.29) is 6.10 Å². The Balaban J connectivity index is 2.23. The predicted octanol–water partition coefficient (Wildman–Crippen LogP) is 2.36. The van der Waals surface area contributed by atoms with Gasteiger partial charge in [0, 0.05) is 11.3 Å². The van der Waals surface area contributed by atoms with Crippen molar-refractivity contribution in [3.05, 3.63) is 29.3 Å². The van der Waals surface area contributed by atoms with E-state index in [4.69, 9.17) is 5.73 Å². The first-order chi connectivity index (χ1) is 7.18. The molecule has 0 radical (unpaired) electrons. The van der Waals surface area contributed by atoms with Crippen molar-refractivity contribution >= 4 is 17.4 Å². The van der Waals surface area contributed by atoms with Crippen molar-refractivity contribution in [3.63, 3.8) is 0 Å². The highest BCUT2D eigenvalue weighted by Crippen LogP contribution is 2.36. The number of benzene rings is 1. The lowest BCUT2D eigenvalue weighted by Crippen LogP contribution is -2.13. The number of rotatable bonds is 2. The molecule has 0 amide bonds. The number of thioether (sulfide) groups is 1. The van der Waals surface area contributed by atoms with Crippen LogP contribution in [0.2, 0.25) is 0 Å². The van der Waals surface area contributed by atoms with Gasteiger partial charge in [-0.3, -0.25) is 0 Å². The molecule has 1 aliphatic rings. The molecule has 0 aliphatic carbocycles. The van der Waals surface area contributed by atoms with E-state index < -0.39 is 0 Å². The lowest BCUT2D eigenvalue weighted by molar-refractivity contribution is 0.122. The van der Waals surface area contributed by atoms with Gasteiger partial charge in [0.1, 0.15) is 0 Å². The Hall–Kier alpha value is -0.670. The fourth-order valence-corrected chi connectivity index (χ4v) is 3.29. The zero-order valence-corrected chi connectivity index (χ0v) is 9.76. The van der Waals surface area contributed by atoms with Crippen LogP contribution in [-0.2, 0) is 0 Å². The lowest BCUT2D eigenvalue weighted by Gasteiger charge is -2.19. The summed E-state index contributed by atoms with van der Waals surface area (Å²) in [6, 6.07) is 5.87. The maximum absolute atomic E-state index is 10.2. The minimum absolute atomic E-state index is 0.374. The Morgan fingerprint density at radius 3 is 3.00 bits per heavy atom. The highest BCUT2D eigenvalue weighted by Gasteiger charge is 2.26. The standard InChI is InChI=1S/C12H17NOS/c1-8-2-3-11(13)10(6-8)12(14)9-4-5-15-7-9/h2-3,6,9,12,14H,4-5,7,13H2,1H3. The highest BCUT2D eigenvalue weighted by molar-refractivity contribution is 7.99. The van der Waals surface area contributed by atoms with Gasteiger partial charge in [0.25, 0.3) is 0 Å². The first-order valence-electron chi connectivity index (χ1n) is 5.30. The summed E-state index contributed by atoms with van der Waals surface area (Å²) in [6.45, 7) is 2.03. The average molecular weight is 223 g/mol. The normalized spacial score (nSPS) is 22.9. The van der Waals surface area contributed by atoms with Gasteiger partial charge in [-0.25, -0.2) is 0 Å². The van der Waals surface area contributed by atoms with Crippen LogP contribution < -0.4 is 5.73 Å². The highest BCUT2D eigenvalue weighted by atomic mass is 32.2. The SMILES string of the molecule is Cc1ccc(N)c(C(O)C2CCSC2)c1. The van der Waals surface area contributed by atoms with Gasteiger partial charge in [-0.1, -0.05) is 17.7 Å². The fraction of sp³-hybridized carbons (Fsp3) is 0.500. The largest absolute Gasteiger partial charge is 0.398 e. The summed E-state index contributed by atoms with van der Waals surface area (Å²) < 4.78 is 0. The Kier molecular flexibility index (Phi) is 3.22. The van der Waals surface area contributed by atoms with Crippen LogP contribution in [0.1, 0.15) is 23.7 Å². The van der Waals surface area contributed by atoms with E-state index in [1.165, 1.54) is 0 Å². The topological polar surface area (TPSA) is 46.2 Å². The zero-order valence-electron chi connectivity index (χ0n) is 8.94. The van der Waals surface area contributed by atoms with Crippen molar-refractivity contribution in [2.75, 3.05) is 17.2 Å². The Morgan fingerprint density at radius 2 is 2.33 bits per heavy atom. The molecule has 0 spiro atoms. The van der Waals surface area contributed by atoms with Crippen LogP contribution in [0.4, 0.5) is 5.69 Å². The number of nitrogens with two attached hydrogens (primary N) is 1. The van der Waals surface area contributed by atoms with Gasteiger partial charge >= 0.3 is 0 Å². The minimum atomic E-state index is -0.389. The van der Waals surface area contributed by atoms with Gasteiger partial charge in [-0.05, 0) is 36.8 Å². The number of aryl methyl sites for hydroxylation is 1. The molecule has 15 heavy (non-hydrogen) atoms. The summed E-state index contributed by atoms with van der Waals surface area (Å²) in [5.41, 5.74) is 8.67. The molecule has 0 saturated carbocycles. The average Bonchev–Trinajstić information content (AvgIpc) is 2.74. The number of anilines is 1. The van der Waals surface area contributed by atoms with Crippen molar-refractivity contribution in [3.8, 4) is 0 Å². The monoisotopic (exact) mass is 223 g/mol. The smallest absolute Gasteiger partial charge is 0.0846 e. The van der Waals surface area contributed by atoms with Crippen molar-refractivity contribution < 1.29 is 5.11 Å². The van der Waals surface area contributed by atoms with E-state index in [1.807, 2.05) is 36.9 Å². The summed E-state index contributed by atoms with van der Waals surface area (Å²) >= 11 is 1.91. The quantitative estimate of drug-likeness (QED) is 0.757. The summed E-state index contributed by atoms with van der Waals surface area (Å²) in [6.07, 6.45) is 0.707. The Morgan fingerprint density at radius 1 is 1.53 bits per heavy atom. The van der Waals surface area contributed by atoms with Crippen molar-refractivity contribution in [1.82, 2.24) is 0 Å². The Bertz CT molecular complexity index is 347. The molecule has 2 rings (SSSR count). The molecule has 2 unspecified atom stereocenters. The van der Waals surface area contributed by atoms with Crippen LogP contribution >= 0.6 is 11.8 Å². The summed E-state index contributed by atoms with van der Waals surface area (Å²) in [7, 11) is 0. The van der Waals surface area contributed by atoms with E-state index in [1.54, 1.807) is 0 Å². The molecule has 1 aliphatic heterocycles. The summed E-state index contributed by atoms with van der Waals surface area (Å²) in [5, 5.41) is 10.2. The minimum Gasteiger partial charge on any atom is -0.398 e. The molecular formula is C12H17NOS. The molecule has 1 heterocycles. The molecular weight excluding hydrogens is 206 g/mol. The van der Waals surface area contributed by atoms with Crippen molar-refractivity contribution in [2.45, 2.75) is 19.4 Å². The maximum atomic E-state index is 10.2. The van der Waals surface area contributed by atoms with Crippen LogP contribution in [0.5, 0.6) is 0 Å². The first kappa shape index (κ1) is 10.8. The van der Waals surface area contributed by atoms with Gasteiger partial charge < -0.3 is 10.8 Å². The molecule has 3 heteroatoms. The second-order valence-corrected chi connectivity index (χ2v) is 5.35. The van der Waals surface area contributed by atoms with E-state index in [9.17, 15) is 5.11 Å². The van der Waals surface area contributed by atoms with Gasteiger partial charge in [0.05, 0.1) is 6.10 Å². The van der Waals surface area contributed by atoms with Crippen LogP contribution in [0.3, 0.4) is 0 Å². The molecule has 2 nitrogen and oxygen atoms in total. The third kappa shape index (κ3) is 2.29. The van der Waals surface area contributed by atoms with Crippen molar-refractivity contribution in [2.24, 2.45) is 5.92 Å². The third-order valence-corrected chi connectivity index (χ3v) is 4.16. The fourth-order valence-electron chi connectivity index (χ4n) is 2.01. The molecule has 0 bridgehead atoms. The number of nitrogen functional groups attached to an aromatic ring is 1. The second-order valence-electron chi connectivity index (χ2n) is 4.20. The third-order valence-electron chi connectivity index (χ3n) is 2.97. The van der Waals surface area contributed by atoms with E-state index >= 15 is 0 Å². The van der Waals surface area contributed by atoms with Gasteiger partial charge in [0.15, 0.2) is 0 Å². The van der Waals surface area contributed by atoms with Crippen LogP contribution in [-0.4, -0.2) is 16.6 Å². The maximum Gasteiger partial charge on any atom is 0.0846 e. The van der Waals surface area contributed by atoms with E-state index in [0.29, 0.717) is 11.6 Å². The molecule has 1 aromatic rings. The number of aliphatic hydroxyl groups is 1. The molecule has 1 saturated heterocycles. The van der Waals surface area contributed by atoms with Gasteiger partial charge in [-0.15, -0.1) is 0 Å². The van der Waals surface area contributed by atoms with E-state index in [2.05, 4.69) is 0 Å². The van der Waals surface area contributed by atoms with E-state index in [0.717, 1.165) is 29.1 Å². The number of aliphatic hydroxyl groups excluding tert-OH is 1. The molecule has 3 N–H and O–H groups in total. The molecule has 0 aromatic heterocycles. The summed E-state index contributed by atoms with van der Waals surface area (Å²) in [4.78, 5) is 0. The lowest BCUT2D eigenvalue weighted by atomic mass is 9.93. The van der Waals surface area contributed by atoms with Crippen LogP contribution in [0.15, 0.2) is 18.2 Å². The molecule has 1 fully saturated rings. The van der Waals surface area contributed by atoms with Gasteiger partial charge in [-0.2, -0.15) is 11.8 Å². The van der Waals surface area contributed by atoms with Gasteiger partial charge in [0.2, 0.25) is 0 Å². The van der Waals surface area contributed by atoms with Crippen LogP contribution in [0, 0.1) is 12.8 Å². The van der Waals surface area contributed by atoms with Crippen LogP contribution in [0.25, 0.3) is 0 Å². The zero-order chi connectivity index (χ0) is 10.8. The number of hydrogen-bond acceptors (Lipinski definition) is 3. The Labute approximate surface area is 94.9 Å². The summed E-state index contributed by atoms with van der Waals surface area (Å²) in [5.74, 6) is 2.58. The first-order valence-corrected chi connectivity index (χ1v) is 6.46. The molecule has 82 valence electrons. The molecule has 2 atom stereocenters. The predicted molar refractivity (Wildman–Crippen MR) is 66.0 cm³/mol. The molecule has 1 aromatic carbocycles.